The summed E-state index contributed by atoms with van der Waals surface area (Å²) in [4.78, 5) is 22.6. The van der Waals surface area contributed by atoms with Crippen molar-refractivity contribution in [2.75, 3.05) is 72.5 Å². The van der Waals surface area contributed by atoms with Crippen molar-refractivity contribution in [2.24, 2.45) is 0 Å². The summed E-state index contributed by atoms with van der Waals surface area (Å²) in [5.41, 5.74) is 5.92. The van der Waals surface area contributed by atoms with Gasteiger partial charge in [-0.15, -0.1) is 0 Å². The van der Waals surface area contributed by atoms with E-state index in [9.17, 15) is 4.79 Å². The number of ether oxygens (including phenoxy) is 1. The molecule has 0 bridgehead atoms. The summed E-state index contributed by atoms with van der Waals surface area (Å²) in [5.74, 6) is 1.64. The molecule has 3 aromatic rings. The molecule has 1 amide bonds. The molecule has 3 heterocycles. The van der Waals surface area contributed by atoms with Gasteiger partial charge in [-0.2, -0.15) is 0 Å². The largest absolute Gasteiger partial charge is 0.457 e. The number of aromatic nitrogens is 1. The number of amides is 1. The number of rotatable bonds is 12. The lowest BCUT2D eigenvalue weighted by Crippen LogP contribution is -2.48. The van der Waals surface area contributed by atoms with Crippen LogP contribution in [0.3, 0.4) is 0 Å². The van der Waals surface area contributed by atoms with Crippen LogP contribution in [0.25, 0.3) is 10.9 Å². The number of carbonyl (C=O) groups excluding carboxylic acids is 1. The fourth-order valence-electron chi connectivity index (χ4n) is 6.47. The number of fused-ring (bicyclic) bond motifs is 1. The first-order valence-electron chi connectivity index (χ1n) is 16.6. The third-order valence-electron chi connectivity index (χ3n) is 9.59. The zero-order chi connectivity index (χ0) is 31.8. The molecule has 1 aromatic heterocycles. The predicted octanol–water partition coefficient (Wildman–Crippen LogP) is 6.52. The number of likely N-dealkylation sites (N-methyl/N-ethyl adjacent to an activating group) is 1. The molecule has 2 aliphatic heterocycles. The highest BCUT2D eigenvalue weighted by atomic mass is 16.5. The predicted molar refractivity (Wildman–Crippen MR) is 187 cm³/mol. The summed E-state index contributed by atoms with van der Waals surface area (Å²) in [6, 6.07) is 14.0. The van der Waals surface area contributed by atoms with Gasteiger partial charge < -0.3 is 24.0 Å². The van der Waals surface area contributed by atoms with Crippen molar-refractivity contribution in [3.05, 3.63) is 95.7 Å². The molecule has 7 heteroatoms. The number of hydrogen-bond donors (Lipinski definition) is 0. The maximum Gasteiger partial charge on any atom is 0.253 e. The van der Waals surface area contributed by atoms with Crippen LogP contribution in [0.1, 0.15) is 41.4 Å². The first-order chi connectivity index (χ1) is 21.9. The standard InChI is InChI=1S/C38H51N5O2/c1-6-8-10-32(7-2)17-20-41-25-27-42(28-26-41)38(44)33-11-13-34(14-12-33)45-35-15-16-37-36(29-35)30(3)31(4)43(37)19-9-18-40-23-21-39(5)22-24-40/h6-8,10-16,29H,1,9,17-28H2,2-5H3/b10-8-,32-7+. The highest BCUT2D eigenvalue weighted by Crippen LogP contribution is 2.31. The number of allylic oxidation sites excluding steroid dienone is 4. The fraction of sp³-hybridized carbons (Fsp3) is 0.447. The maximum atomic E-state index is 13.2. The Kier molecular flexibility index (Phi) is 11.3. The van der Waals surface area contributed by atoms with E-state index < -0.39 is 0 Å². The highest BCUT2D eigenvalue weighted by molar-refractivity contribution is 5.94. The Hall–Kier alpha value is -3.65. The van der Waals surface area contributed by atoms with Gasteiger partial charge in [0.1, 0.15) is 11.5 Å². The van der Waals surface area contributed by atoms with Crippen LogP contribution < -0.4 is 4.74 Å². The number of benzene rings is 2. The van der Waals surface area contributed by atoms with Crippen LogP contribution in [0.15, 0.2) is 78.9 Å². The average Bonchev–Trinajstić information content (AvgIpc) is 3.30. The molecule has 5 rings (SSSR count). The zero-order valence-corrected chi connectivity index (χ0v) is 27.8. The molecule has 7 nitrogen and oxygen atoms in total. The lowest BCUT2D eigenvalue weighted by atomic mass is 10.1. The molecular weight excluding hydrogens is 558 g/mol. The quantitative estimate of drug-likeness (QED) is 0.219. The van der Waals surface area contributed by atoms with E-state index in [0.717, 1.165) is 83.2 Å². The second-order valence-electron chi connectivity index (χ2n) is 12.5. The molecular formula is C38H51N5O2. The van der Waals surface area contributed by atoms with Gasteiger partial charge in [-0.25, -0.2) is 0 Å². The summed E-state index contributed by atoms with van der Waals surface area (Å²) < 4.78 is 8.73. The van der Waals surface area contributed by atoms with Crippen LogP contribution in [0.4, 0.5) is 0 Å². The van der Waals surface area contributed by atoms with Crippen LogP contribution in [-0.2, 0) is 6.54 Å². The van der Waals surface area contributed by atoms with Gasteiger partial charge in [0.05, 0.1) is 0 Å². The van der Waals surface area contributed by atoms with Crippen LogP contribution in [0, 0.1) is 13.8 Å². The van der Waals surface area contributed by atoms with E-state index in [2.05, 4.69) is 84.0 Å². The second kappa shape index (κ2) is 15.6. The van der Waals surface area contributed by atoms with E-state index in [4.69, 9.17) is 4.74 Å². The second-order valence-corrected chi connectivity index (χ2v) is 12.5. The normalized spacial score (nSPS) is 17.4. The van der Waals surface area contributed by atoms with Crippen molar-refractivity contribution < 1.29 is 9.53 Å². The molecule has 0 spiro atoms. The molecule has 45 heavy (non-hydrogen) atoms. The molecule has 2 aromatic carbocycles. The number of hydrogen-bond acceptors (Lipinski definition) is 5. The highest BCUT2D eigenvalue weighted by Gasteiger charge is 2.22. The molecule has 0 radical (unpaired) electrons. The number of aryl methyl sites for hydroxylation is 2. The SMILES string of the molecule is C=C/C=C\C(=C/C)CCN1CCN(C(=O)c2ccc(Oc3ccc4c(c3)c(C)c(C)n4CCCN3CCN(C)CC3)cc2)CC1. The van der Waals surface area contributed by atoms with Crippen LogP contribution in [0.5, 0.6) is 11.5 Å². The van der Waals surface area contributed by atoms with E-state index in [1.807, 2.05) is 41.3 Å². The molecule has 2 aliphatic rings. The molecule has 0 aliphatic carbocycles. The Bertz CT molecular complexity index is 1500. The van der Waals surface area contributed by atoms with Gasteiger partial charge in [0.15, 0.2) is 0 Å². The van der Waals surface area contributed by atoms with E-state index >= 15 is 0 Å². The third-order valence-corrected chi connectivity index (χ3v) is 9.59. The third kappa shape index (κ3) is 8.34. The van der Waals surface area contributed by atoms with E-state index in [0.29, 0.717) is 5.56 Å². The topological polar surface area (TPSA) is 44.2 Å². The Morgan fingerprint density at radius 2 is 1.53 bits per heavy atom. The minimum absolute atomic E-state index is 0.0886. The summed E-state index contributed by atoms with van der Waals surface area (Å²) in [5, 5.41) is 1.24. The number of piperazine rings is 2. The monoisotopic (exact) mass is 609 g/mol. The molecule has 2 fully saturated rings. The molecule has 0 atom stereocenters. The molecule has 0 unspecified atom stereocenters. The van der Waals surface area contributed by atoms with Crippen LogP contribution in [-0.4, -0.2) is 103 Å². The van der Waals surface area contributed by atoms with Crippen molar-refractivity contribution in [2.45, 2.75) is 40.2 Å². The van der Waals surface area contributed by atoms with Crippen molar-refractivity contribution in [1.29, 1.82) is 0 Å². The van der Waals surface area contributed by atoms with E-state index in [-0.39, 0.29) is 5.91 Å². The van der Waals surface area contributed by atoms with Crippen LogP contribution >= 0.6 is 0 Å². The van der Waals surface area contributed by atoms with Crippen molar-refractivity contribution in [1.82, 2.24) is 24.2 Å². The lowest BCUT2D eigenvalue weighted by Gasteiger charge is -2.34. The smallest absolute Gasteiger partial charge is 0.253 e. The zero-order valence-electron chi connectivity index (χ0n) is 27.8. The Morgan fingerprint density at radius 3 is 2.22 bits per heavy atom. The molecule has 2 saturated heterocycles. The van der Waals surface area contributed by atoms with Crippen molar-refractivity contribution in [3.8, 4) is 11.5 Å². The molecule has 240 valence electrons. The van der Waals surface area contributed by atoms with Gasteiger partial charge >= 0.3 is 0 Å². The van der Waals surface area contributed by atoms with Crippen LogP contribution in [0.2, 0.25) is 0 Å². The Balaban J connectivity index is 1.13. The van der Waals surface area contributed by atoms with Gasteiger partial charge in [-0.3, -0.25) is 9.69 Å². The number of nitrogens with zero attached hydrogens (tertiary/aromatic N) is 5. The van der Waals surface area contributed by atoms with Crippen molar-refractivity contribution in [3.63, 3.8) is 0 Å². The summed E-state index contributed by atoms with van der Waals surface area (Å²) in [6.45, 7) is 21.4. The van der Waals surface area contributed by atoms with Gasteiger partial charge in [-0.1, -0.05) is 36.5 Å². The summed E-state index contributed by atoms with van der Waals surface area (Å²) in [7, 11) is 2.21. The average molecular weight is 610 g/mol. The maximum absolute atomic E-state index is 13.2. The minimum Gasteiger partial charge on any atom is -0.457 e. The minimum atomic E-state index is 0.0886. The van der Waals surface area contributed by atoms with Gasteiger partial charge in [-0.05, 0) is 95.2 Å². The molecule has 0 saturated carbocycles. The first kappa shape index (κ1) is 32.7. The van der Waals surface area contributed by atoms with Crippen molar-refractivity contribution >= 4 is 16.8 Å². The summed E-state index contributed by atoms with van der Waals surface area (Å²) in [6.07, 6.45) is 10.2. The summed E-state index contributed by atoms with van der Waals surface area (Å²) >= 11 is 0. The Morgan fingerprint density at radius 1 is 0.867 bits per heavy atom. The van der Waals surface area contributed by atoms with Gasteiger partial charge in [0, 0.05) is 87.6 Å². The Labute approximate surface area is 270 Å². The van der Waals surface area contributed by atoms with Gasteiger partial charge in [0.25, 0.3) is 5.91 Å². The van der Waals surface area contributed by atoms with Gasteiger partial charge in [0.2, 0.25) is 0 Å². The first-order valence-corrected chi connectivity index (χ1v) is 16.6. The van der Waals surface area contributed by atoms with E-state index in [1.165, 1.54) is 40.8 Å². The van der Waals surface area contributed by atoms with E-state index in [1.54, 1.807) is 0 Å². The fourth-order valence-corrected chi connectivity index (χ4v) is 6.47. The lowest BCUT2D eigenvalue weighted by molar-refractivity contribution is 0.0638. The number of carbonyl (C=O) groups is 1. The molecule has 0 N–H and O–H groups in total.